The molecule has 0 bridgehead atoms. The molecule has 7 nitrogen and oxygen atoms in total. The number of rotatable bonds is 9. The van der Waals surface area contributed by atoms with Crippen LogP contribution in [-0.4, -0.2) is 44.8 Å². The van der Waals surface area contributed by atoms with Crippen LogP contribution in [0, 0.1) is 20.8 Å². The van der Waals surface area contributed by atoms with E-state index in [-0.39, 0.29) is 19.0 Å². The molecule has 0 amide bonds. The topological polar surface area (TPSA) is 89.6 Å². The van der Waals surface area contributed by atoms with E-state index in [9.17, 15) is 4.79 Å². The van der Waals surface area contributed by atoms with E-state index in [1.165, 1.54) is 4.88 Å². The molecule has 1 atom stereocenters. The minimum absolute atomic E-state index is 0.0822. The van der Waals surface area contributed by atoms with Crippen molar-refractivity contribution in [2.75, 3.05) is 13.2 Å². The lowest BCUT2D eigenvalue weighted by Gasteiger charge is -2.13. The Bertz CT molecular complexity index is 1200. The highest BCUT2D eigenvalue weighted by Gasteiger charge is 2.32. The number of halogens is 1. The highest BCUT2D eigenvalue weighted by Crippen LogP contribution is 2.39. The minimum atomic E-state index is -0.520. The number of hydrogen-bond donors (Lipinski definition) is 1. The summed E-state index contributed by atoms with van der Waals surface area (Å²) in [6.45, 7) is 6.67. The molecule has 1 aliphatic heterocycles. The summed E-state index contributed by atoms with van der Waals surface area (Å²) >= 11 is 7.83. The first-order chi connectivity index (χ1) is 16.4. The molecule has 0 spiro atoms. The Kier molecular flexibility index (Phi) is 7.80. The quantitative estimate of drug-likeness (QED) is 0.318. The van der Waals surface area contributed by atoms with Crippen LogP contribution in [0.4, 0.5) is 0 Å². The molecule has 3 aromatic rings. The third-order valence-corrected chi connectivity index (χ3v) is 7.48. The van der Waals surface area contributed by atoms with Crippen molar-refractivity contribution in [1.82, 2.24) is 14.8 Å². The monoisotopic (exact) mass is 500 g/mol. The molecule has 0 saturated carbocycles. The number of thiophene rings is 1. The van der Waals surface area contributed by atoms with E-state index in [0.29, 0.717) is 17.5 Å². The summed E-state index contributed by atoms with van der Waals surface area (Å²) in [5, 5.41) is 19.3. The van der Waals surface area contributed by atoms with Crippen LogP contribution < -0.4 is 0 Å². The number of aliphatic imine (C=N–C) groups is 1. The molecule has 34 heavy (non-hydrogen) atoms. The molecule has 9 heteroatoms. The summed E-state index contributed by atoms with van der Waals surface area (Å²) in [5.74, 6) is 1.09. The van der Waals surface area contributed by atoms with Crippen LogP contribution in [0.1, 0.15) is 71.4 Å². The minimum Gasteiger partial charge on any atom is -0.466 e. The molecular weight excluding hydrogens is 472 g/mol. The number of esters is 1. The van der Waals surface area contributed by atoms with Crippen molar-refractivity contribution < 1.29 is 14.6 Å². The molecule has 1 aliphatic rings. The zero-order valence-corrected chi connectivity index (χ0v) is 21.2. The van der Waals surface area contributed by atoms with Gasteiger partial charge >= 0.3 is 5.97 Å². The Morgan fingerprint density at radius 3 is 2.59 bits per heavy atom. The Morgan fingerprint density at radius 2 is 1.85 bits per heavy atom. The van der Waals surface area contributed by atoms with Crippen molar-refractivity contribution >= 4 is 34.6 Å². The molecule has 4 rings (SSSR count). The van der Waals surface area contributed by atoms with E-state index >= 15 is 0 Å². The van der Waals surface area contributed by atoms with Crippen LogP contribution in [0.2, 0.25) is 5.02 Å². The lowest BCUT2D eigenvalue weighted by molar-refractivity contribution is -0.144. The van der Waals surface area contributed by atoms with Gasteiger partial charge in [0.15, 0.2) is 5.82 Å². The molecule has 3 heterocycles. The van der Waals surface area contributed by atoms with Crippen LogP contribution >= 0.6 is 22.9 Å². The number of aliphatic hydroxyl groups is 1. The third kappa shape index (κ3) is 5.09. The number of aliphatic hydroxyl groups excluding tert-OH is 1. The van der Waals surface area contributed by atoms with Gasteiger partial charge in [0, 0.05) is 27.6 Å². The average molecular weight is 501 g/mol. The predicted octanol–water partition coefficient (Wildman–Crippen LogP) is 5.29. The Morgan fingerprint density at radius 1 is 1.12 bits per heavy atom. The number of fused-ring (bicyclic) bond motifs is 3. The Balaban J connectivity index is 1.67. The summed E-state index contributed by atoms with van der Waals surface area (Å²) in [5.41, 5.74) is 3.94. The molecule has 180 valence electrons. The van der Waals surface area contributed by atoms with Gasteiger partial charge in [0.2, 0.25) is 0 Å². The number of hydrogen-bond acceptors (Lipinski definition) is 7. The molecule has 0 unspecified atom stereocenters. The van der Waals surface area contributed by atoms with Crippen LogP contribution in [0.3, 0.4) is 0 Å². The van der Waals surface area contributed by atoms with Gasteiger partial charge in [0.05, 0.1) is 18.7 Å². The van der Waals surface area contributed by atoms with Gasteiger partial charge in [0.25, 0.3) is 0 Å². The van der Waals surface area contributed by atoms with Crippen molar-refractivity contribution in [3.05, 3.63) is 62.5 Å². The molecule has 0 aliphatic carbocycles. The van der Waals surface area contributed by atoms with Crippen LogP contribution in [0.15, 0.2) is 29.3 Å². The maximum absolute atomic E-state index is 12.7. The van der Waals surface area contributed by atoms with Crippen molar-refractivity contribution in [2.24, 2.45) is 4.99 Å². The number of carbonyl (C=O) groups is 1. The fourth-order valence-corrected chi connectivity index (χ4v) is 5.44. The van der Waals surface area contributed by atoms with Gasteiger partial charge in [-0.1, -0.05) is 30.2 Å². The third-order valence-electron chi connectivity index (χ3n) is 6.03. The number of unbranched alkanes of at least 4 members (excludes halogenated alkanes) is 3. The second-order valence-corrected chi connectivity index (χ2v) is 10.1. The number of carbonyl (C=O) groups excluding carboxylic acids is 1. The van der Waals surface area contributed by atoms with Gasteiger partial charge < -0.3 is 9.84 Å². The van der Waals surface area contributed by atoms with Crippen LogP contribution in [0.5, 0.6) is 0 Å². The van der Waals surface area contributed by atoms with Gasteiger partial charge in [-0.25, -0.2) is 0 Å². The summed E-state index contributed by atoms with van der Waals surface area (Å²) < 4.78 is 7.53. The normalized spacial score (nSPS) is 14.9. The number of ether oxygens (including phenoxy) is 1. The lowest BCUT2D eigenvalue weighted by atomic mass is 9.99. The Hall–Kier alpha value is -2.55. The van der Waals surface area contributed by atoms with E-state index in [4.69, 9.17) is 26.4 Å². The number of aromatic nitrogens is 3. The Labute approximate surface area is 208 Å². The zero-order valence-electron chi connectivity index (χ0n) is 19.7. The van der Waals surface area contributed by atoms with Gasteiger partial charge in [-0.15, -0.1) is 21.5 Å². The molecule has 0 fully saturated rings. The lowest BCUT2D eigenvalue weighted by Crippen LogP contribution is -2.14. The first-order valence-corrected chi connectivity index (χ1v) is 12.7. The molecule has 0 radical (unpaired) electrons. The molecule has 2 aromatic heterocycles. The maximum Gasteiger partial charge on any atom is 0.308 e. The number of benzene rings is 1. The van der Waals surface area contributed by atoms with E-state index in [0.717, 1.165) is 58.9 Å². The fraction of sp³-hybridized carbons (Fsp3) is 0.440. The smallest absolute Gasteiger partial charge is 0.308 e. The van der Waals surface area contributed by atoms with E-state index in [1.54, 1.807) is 11.3 Å². The second kappa shape index (κ2) is 10.8. The van der Waals surface area contributed by atoms with E-state index in [2.05, 4.69) is 24.0 Å². The van der Waals surface area contributed by atoms with Gasteiger partial charge in [-0.2, -0.15) is 0 Å². The van der Waals surface area contributed by atoms with Crippen molar-refractivity contribution in [1.29, 1.82) is 0 Å². The summed E-state index contributed by atoms with van der Waals surface area (Å²) in [6, 6.07) is 7.10. The van der Waals surface area contributed by atoms with Crippen molar-refractivity contribution in [2.45, 2.75) is 58.9 Å². The molecule has 0 saturated heterocycles. The van der Waals surface area contributed by atoms with Gasteiger partial charge in [-0.05, 0) is 57.7 Å². The first-order valence-electron chi connectivity index (χ1n) is 11.5. The highest BCUT2D eigenvalue weighted by molar-refractivity contribution is 7.15. The van der Waals surface area contributed by atoms with E-state index in [1.807, 2.05) is 35.8 Å². The van der Waals surface area contributed by atoms with E-state index < -0.39 is 6.04 Å². The standard InChI is InChI=1S/C25H29ClN4O3S/c1-15-16(2)34-25-22(15)23(18-8-10-19(26)11-9-18)27-20(24-29-28-17(3)30(24)25)14-21(32)33-13-7-5-4-6-12-31/h8-11,20,31H,4-7,12-14H2,1-3H3/t20-/m0/s1. The first kappa shape index (κ1) is 24.6. The maximum atomic E-state index is 12.7. The predicted molar refractivity (Wildman–Crippen MR) is 134 cm³/mol. The highest BCUT2D eigenvalue weighted by atomic mass is 35.5. The molecular formula is C25H29ClN4O3S. The summed E-state index contributed by atoms with van der Waals surface area (Å²) in [6.07, 6.45) is 3.48. The zero-order chi connectivity index (χ0) is 24.2. The second-order valence-electron chi connectivity index (χ2n) is 8.47. The largest absolute Gasteiger partial charge is 0.466 e. The number of nitrogens with zero attached hydrogens (tertiary/aromatic N) is 4. The summed E-state index contributed by atoms with van der Waals surface area (Å²) in [7, 11) is 0. The molecule has 1 aromatic carbocycles. The van der Waals surface area contributed by atoms with Crippen molar-refractivity contribution in [3.63, 3.8) is 0 Å². The van der Waals surface area contributed by atoms with Gasteiger partial charge in [0.1, 0.15) is 16.9 Å². The summed E-state index contributed by atoms with van der Waals surface area (Å²) in [4.78, 5) is 19.0. The SMILES string of the molecule is Cc1sc2c(c1C)C(c1ccc(Cl)cc1)=N[C@@H](CC(=O)OCCCCCCO)c1nnc(C)n1-2. The fourth-order valence-electron chi connectivity index (χ4n) is 4.10. The van der Waals surface area contributed by atoms with Crippen LogP contribution in [0.25, 0.3) is 5.00 Å². The van der Waals surface area contributed by atoms with Crippen molar-refractivity contribution in [3.8, 4) is 5.00 Å². The van der Waals surface area contributed by atoms with Crippen LogP contribution in [-0.2, 0) is 9.53 Å². The number of aryl methyl sites for hydroxylation is 2. The molecule has 1 N–H and O–H groups in total. The average Bonchev–Trinajstić information content (AvgIpc) is 3.29. The van der Waals surface area contributed by atoms with Gasteiger partial charge in [-0.3, -0.25) is 14.4 Å².